The highest BCUT2D eigenvalue weighted by atomic mass is 32.2. The van der Waals surface area contributed by atoms with E-state index in [9.17, 15) is 12.8 Å². The van der Waals surface area contributed by atoms with Gasteiger partial charge >= 0.3 is 0 Å². The van der Waals surface area contributed by atoms with Gasteiger partial charge in [-0.3, -0.25) is 0 Å². The Balaban J connectivity index is 2.03. The number of nitrogens with one attached hydrogen (secondary N) is 1. The molecule has 1 N–H and O–H groups in total. The van der Waals surface area contributed by atoms with Gasteiger partial charge in [0.1, 0.15) is 5.82 Å². The summed E-state index contributed by atoms with van der Waals surface area (Å²) >= 11 is 0. The van der Waals surface area contributed by atoms with Gasteiger partial charge in [0, 0.05) is 19.8 Å². The van der Waals surface area contributed by atoms with Gasteiger partial charge in [-0.1, -0.05) is 6.92 Å². The van der Waals surface area contributed by atoms with Gasteiger partial charge in [-0.25, -0.2) is 17.5 Å². The zero-order valence-electron chi connectivity index (χ0n) is 10.9. The van der Waals surface area contributed by atoms with Gasteiger partial charge in [0.25, 0.3) is 0 Å². The molecule has 0 saturated carbocycles. The summed E-state index contributed by atoms with van der Waals surface area (Å²) in [5.74, 6) is -0.449. The Morgan fingerprint density at radius 1 is 1.26 bits per heavy atom. The molecule has 0 amide bonds. The second-order valence-electron chi connectivity index (χ2n) is 5.20. The van der Waals surface area contributed by atoms with Crippen molar-refractivity contribution in [3.8, 4) is 0 Å². The normalized spacial score (nSPS) is 19.3. The van der Waals surface area contributed by atoms with Crippen LogP contribution in [-0.2, 0) is 14.8 Å². The Bertz CT molecular complexity index is 521. The molecule has 0 spiro atoms. The molecule has 2 rings (SSSR count). The van der Waals surface area contributed by atoms with E-state index in [2.05, 4.69) is 4.72 Å². The van der Waals surface area contributed by atoms with E-state index in [0.717, 1.165) is 25.0 Å². The number of sulfonamides is 1. The molecular formula is C13H18FNO3S. The van der Waals surface area contributed by atoms with E-state index < -0.39 is 15.8 Å². The van der Waals surface area contributed by atoms with Gasteiger partial charge in [-0.15, -0.1) is 0 Å². The lowest BCUT2D eigenvalue weighted by atomic mass is 9.83. The van der Waals surface area contributed by atoms with E-state index in [1.165, 1.54) is 12.1 Å². The largest absolute Gasteiger partial charge is 0.381 e. The van der Waals surface area contributed by atoms with Crippen LogP contribution in [0.15, 0.2) is 29.2 Å². The summed E-state index contributed by atoms with van der Waals surface area (Å²) in [5, 5.41) is 0. The summed E-state index contributed by atoms with van der Waals surface area (Å²) in [6, 6.07) is 4.82. The summed E-state index contributed by atoms with van der Waals surface area (Å²) in [6.07, 6.45) is 1.66. The van der Waals surface area contributed by atoms with E-state index in [4.69, 9.17) is 4.74 Å². The molecule has 19 heavy (non-hydrogen) atoms. The first-order valence-corrected chi connectivity index (χ1v) is 7.73. The monoisotopic (exact) mass is 287 g/mol. The number of hydrogen-bond acceptors (Lipinski definition) is 3. The van der Waals surface area contributed by atoms with Crippen LogP contribution in [0.1, 0.15) is 19.8 Å². The summed E-state index contributed by atoms with van der Waals surface area (Å²) in [6.45, 7) is 3.74. The predicted octanol–water partition coefficient (Wildman–Crippen LogP) is 1.92. The van der Waals surface area contributed by atoms with Gasteiger partial charge in [0.15, 0.2) is 0 Å². The van der Waals surface area contributed by atoms with Crippen LogP contribution in [0.5, 0.6) is 0 Å². The number of halogens is 1. The van der Waals surface area contributed by atoms with Crippen molar-refractivity contribution in [2.24, 2.45) is 5.41 Å². The van der Waals surface area contributed by atoms with E-state index in [1.807, 2.05) is 6.92 Å². The van der Waals surface area contributed by atoms with Gasteiger partial charge < -0.3 is 4.74 Å². The maximum Gasteiger partial charge on any atom is 0.240 e. The van der Waals surface area contributed by atoms with Crippen LogP contribution >= 0.6 is 0 Å². The number of rotatable bonds is 4. The Hall–Kier alpha value is -0.980. The van der Waals surface area contributed by atoms with Gasteiger partial charge in [0.2, 0.25) is 10.0 Å². The molecule has 4 nitrogen and oxygen atoms in total. The van der Waals surface area contributed by atoms with E-state index in [-0.39, 0.29) is 10.3 Å². The molecule has 0 atom stereocenters. The third-order valence-electron chi connectivity index (χ3n) is 3.51. The second kappa shape index (κ2) is 5.56. The molecule has 1 aliphatic heterocycles. The average molecular weight is 287 g/mol. The van der Waals surface area contributed by atoms with Crippen molar-refractivity contribution < 1.29 is 17.5 Å². The van der Waals surface area contributed by atoms with Gasteiger partial charge in [-0.2, -0.15) is 0 Å². The molecule has 1 fully saturated rings. The molecule has 0 radical (unpaired) electrons. The molecule has 1 aliphatic rings. The zero-order valence-corrected chi connectivity index (χ0v) is 11.7. The zero-order chi connectivity index (χ0) is 13.9. The van der Waals surface area contributed by atoms with Crippen LogP contribution in [0.4, 0.5) is 4.39 Å². The van der Waals surface area contributed by atoms with Crippen molar-refractivity contribution in [1.29, 1.82) is 0 Å². The molecule has 1 aromatic rings. The molecule has 1 heterocycles. The molecule has 1 aromatic carbocycles. The fraction of sp³-hybridized carbons (Fsp3) is 0.538. The smallest absolute Gasteiger partial charge is 0.240 e. The molecule has 0 bridgehead atoms. The first kappa shape index (κ1) is 14.4. The van der Waals surface area contributed by atoms with Crippen LogP contribution < -0.4 is 4.72 Å². The van der Waals surface area contributed by atoms with Crippen LogP contribution in [-0.4, -0.2) is 28.2 Å². The Morgan fingerprint density at radius 2 is 1.84 bits per heavy atom. The van der Waals surface area contributed by atoms with Crippen molar-refractivity contribution in [3.63, 3.8) is 0 Å². The van der Waals surface area contributed by atoms with Crippen LogP contribution in [0.25, 0.3) is 0 Å². The van der Waals surface area contributed by atoms with Crippen LogP contribution in [0.3, 0.4) is 0 Å². The highest BCUT2D eigenvalue weighted by Gasteiger charge is 2.29. The highest BCUT2D eigenvalue weighted by molar-refractivity contribution is 7.89. The molecular weight excluding hydrogens is 269 g/mol. The van der Waals surface area contributed by atoms with Crippen molar-refractivity contribution in [3.05, 3.63) is 30.1 Å². The minimum atomic E-state index is -3.57. The number of ether oxygens (including phenoxy) is 1. The summed E-state index contributed by atoms with van der Waals surface area (Å²) in [4.78, 5) is 0.0876. The molecule has 1 saturated heterocycles. The summed E-state index contributed by atoms with van der Waals surface area (Å²) in [5.41, 5.74) is -0.0780. The maximum absolute atomic E-state index is 12.8. The van der Waals surface area contributed by atoms with E-state index in [1.54, 1.807) is 0 Å². The third-order valence-corrected chi connectivity index (χ3v) is 4.93. The van der Waals surface area contributed by atoms with Crippen LogP contribution in [0, 0.1) is 11.2 Å². The second-order valence-corrected chi connectivity index (χ2v) is 6.97. The minimum Gasteiger partial charge on any atom is -0.381 e. The minimum absolute atomic E-state index is 0.0780. The van der Waals surface area contributed by atoms with E-state index in [0.29, 0.717) is 19.8 Å². The van der Waals surface area contributed by atoms with Crippen molar-refractivity contribution in [2.45, 2.75) is 24.7 Å². The maximum atomic E-state index is 12.8. The molecule has 0 unspecified atom stereocenters. The Morgan fingerprint density at radius 3 is 2.42 bits per heavy atom. The third kappa shape index (κ3) is 3.75. The standard InChI is InChI=1S/C13H18FNO3S/c1-13(6-8-18-9-7-13)10-15-19(16,17)12-4-2-11(14)3-5-12/h2-5,15H,6-10H2,1H3. The molecule has 0 aromatic heterocycles. The fourth-order valence-electron chi connectivity index (χ4n) is 2.01. The molecule has 106 valence electrons. The van der Waals surface area contributed by atoms with Gasteiger partial charge in [-0.05, 0) is 42.5 Å². The van der Waals surface area contributed by atoms with Crippen molar-refractivity contribution in [2.75, 3.05) is 19.8 Å². The predicted molar refractivity (Wildman–Crippen MR) is 69.7 cm³/mol. The molecule has 0 aliphatic carbocycles. The van der Waals surface area contributed by atoms with Crippen molar-refractivity contribution in [1.82, 2.24) is 4.72 Å². The van der Waals surface area contributed by atoms with Gasteiger partial charge in [0.05, 0.1) is 4.90 Å². The average Bonchev–Trinajstić information content (AvgIpc) is 2.38. The fourth-order valence-corrected chi connectivity index (χ4v) is 3.21. The lowest BCUT2D eigenvalue weighted by Gasteiger charge is -2.33. The highest BCUT2D eigenvalue weighted by Crippen LogP contribution is 2.29. The Labute approximate surface area is 113 Å². The SMILES string of the molecule is CC1(CNS(=O)(=O)c2ccc(F)cc2)CCOCC1. The number of hydrogen-bond donors (Lipinski definition) is 1. The summed E-state index contributed by atoms with van der Waals surface area (Å²) in [7, 11) is -3.57. The Kier molecular flexibility index (Phi) is 4.23. The quantitative estimate of drug-likeness (QED) is 0.920. The first-order valence-electron chi connectivity index (χ1n) is 6.24. The topological polar surface area (TPSA) is 55.4 Å². The van der Waals surface area contributed by atoms with E-state index >= 15 is 0 Å². The lowest BCUT2D eigenvalue weighted by Crippen LogP contribution is -2.39. The number of benzene rings is 1. The first-order chi connectivity index (χ1) is 8.91. The lowest BCUT2D eigenvalue weighted by molar-refractivity contribution is 0.0265. The molecule has 6 heteroatoms. The van der Waals surface area contributed by atoms with Crippen molar-refractivity contribution >= 4 is 10.0 Å². The summed E-state index contributed by atoms with van der Waals surface area (Å²) < 4.78 is 44.8. The van der Waals surface area contributed by atoms with Crippen LogP contribution in [0.2, 0.25) is 0 Å².